The van der Waals surface area contributed by atoms with E-state index < -0.39 is 11.6 Å². The summed E-state index contributed by atoms with van der Waals surface area (Å²) in [5.41, 5.74) is 0.824. The Bertz CT molecular complexity index is 683. The summed E-state index contributed by atoms with van der Waals surface area (Å²) in [6, 6.07) is 8.99. The highest BCUT2D eigenvalue weighted by molar-refractivity contribution is 5.64. The summed E-state index contributed by atoms with van der Waals surface area (Å²) in [4.78, 5) is 4.32. The standard InChI is InChI=1S/C15H11F2N3/c16-11-2-1-3-12(17)14(11)20-15-10(8-18)6-7-13(19-15)9-4-5-9/h1-3,6-7,9H,4-5H2,(H,19,20). The van der Waals surface area contributed by atoms with Crippen LogP contribution in [0.15, 0.2) is 30.3 Å². The highest BCUT2D eigenvalue weighted by atomic mass is 19.1. The number of para-hydroxylation sites is 1. The zero-order valence-electron chi connectivity index (χ0n) is 10.5. The zero-order valence-corrected chi connectivity index (χ0v) is 10.5. The van der Waals surface area contributed by atoms with E-state index in [-0.39, 0.29) is 17.1 Å². The van der Waals surface area contributed by atoms with Crippen molar-refractivity contribution in [2.75, 3.05) is 5.32 Å². The number of anilines is 2. The third kappa shape index (κ3) is 2.32. The minimum absolute atomic E-state index is 0.195. The number of pyridine rings is 1. The topological polar surface area (TPSA) is 48.7 Å². The van der Waals surface area contributed by atoms with E-state index in [4.69, 9.17) is 5.26 Å². The molecule has 0 aliphatic heterocycles. The predicted molar refractivity (Wildman–Crippen MR) is 70.6 cm³/mol. The molecule has 1 aliphatic rings. The molecule has 0 bridgehead atoms. The Kier molecular flexibility index (Phi) is 3.07. The summed E-state index contributed by atoms with van der Waals surface area (Å²) in [5.74, 6) is -0.838. The molecule has 2 aromatic rings. The molecule has 3 nitrogen and oxygen atoms in total. The molecule has 5 heteroatoms. The van der Waals surface area contributed by atoms with E-state index in [2.05, 4.69) is 10.3 Å². The summed E-state index contributed by atoms with van der Waals surface area (Å²) in [5, 5.41) is 11.7. The third-order valence-electron chi connectivity index (χ3n) is 3.24. The molecule has 1 N–H and O–H groups in total. The van der Waals surface area contributed by atoms with Crippen LogP contribution in [0.4, 0.5) is 20.3 Å². The van der Waals surface area contributed by atoms with Crippen LogP contribution in [0.3, 0.4) is 0 Å². The minimum atomic E-state index is -0.715. The summed E-state index contributed by atoms with van der Waals surface area (Å²) in [6.07, 6.45) is 2.12. The van der Waals surface area contributed by atoms with Crippen LogP contribution in [0.1, 0.15) is 30.0 Å². The van der Waals surface area contributed by atoms with Crippen LogP contribution < -0.4 is 5.32 Å². The largest absolute Gasteiger partial charge is 0.334 e. The second-order valence-corrected chi connectivity index (χ2v) is 4.74. The van der Waals surface area contributed by atoms with Crippen molar-refractivity contribution in [3.8, 4) is 6.07 Å². The second-order valence-electron chi connectivity index (χ2n) is 4.74. The third-order valence-corrected chi connectivity index (χ3v) is 3.24. The number of benzene rings is 1. The lowest BCUT2D eigenvalue weighted by Gasteiger charge is -2.10. The molecule has 1 fully saturated rings. The average molecular weight is 271 g/mol. The second kappa shape index (κ2) is 4.89. The normalized spacial score (nSPS) is 13.8. The minimum Gasteiger partial charge on any atom is -0.334 e. The highest BCUT2D eigenvalue weighted by Crippen LogP contribution is 2.39. The number of nitrogens with zero attached hydrogens (tertiary/aromatic N) is 2. The molecular formula is C15H11F2N3. The molecule has 0 saturated heterocycles. The molecule has 1 heterocycles. The van der Waals surface area contributed by atoms with E-state index in [1.165, 1.54) is 6.07 Å². The van der Waals surface area contributed by atoms with Gasteiger partial charge in [-0.05, 0) is 37.1 Å². The number of rotatable bonds is 3. The number of nitrogens with one attached hydrogen (secondary N) is 1. The molecule has 1 aromatic heterocycles. The van der Waals surface area contributed by atoms with Crippen molar-refractivity contribution < 1.29 is 8.78 Å². The molecule has 0 atom stereocenters. The maximum atomic E-state index is 13.6. The van der Waals surface area contributed by atoms with Crippen molar-refractivity contribution in [1.29, 1.82) is 5.26 Å². The number of hydrogen-bond acceptors (Lipinski definition) is 3. The van der Waals surface area contributed by atoms with Gasteiger partial charge < -0.3 is 5.32 Å². The average Bonchev–Trinajstić information content (AvgIpc) is 3.27. The summed E-state index contributed by atoms with van der Waals surface area (Å²) >= 11 is 0. The van der Waals surface area contributed by atoms with Crippen molar-refractivity contribution in [3.05, 3.63) is 53.2 Å². The van der Waals surface area contributed by atoms with E-state index >= 15 is 0 Å². The fourth-order valence-corrected chi connectivity index (χ4v) is 2.00. The van der Waals surface area contributed by atoms with Gasteiger partial charge in [-0.1, -0.05) is 6.07 Å². The Morgan fingerprint density at radius 3 is 2.45 bits per heavy atom. The predicted octanol–water partition coefficient (Wildman–Crippen LogP) is 3.85. The van der Waals surface area contributed by atoms with Gasteiger partial charge in [0.2, 0.25) is 0 Å². The van der Waals surface area contributed by atoms with Crippen LogP contribution in [0, 0.1) is 23.0 Å². The maximum absolute atomic E-state index is 13.6. The lowest BCUT2D eigenvalue weighted by molar-refractivity contribution is 0.590. The van der Waals surface area contributed by atoms with Crippen LogP contribution in [-0.4, -0.2) is 4.98 Å². The van der Waals surface area contributed by atoms with Gasteiger partial charge in [0, 0.05) is 11.6 Å². The van der Waals surface area contributed by atoms with Gasteiger partial charge >= 0.3 is 0 Å². The molecule has 100 valence electrons. The SMILES string of the molecule is N#Cc1ccc(C2CC2)nc1Nc1c(F)cccc1F. The van der Waals surface area contributed by atoms with Gasteiger partial charge in [0.15, 0.2) is 0 Å². The van der Waals surface area contributed by atoms with Gasteiger partial charge in [-0.25, -0.2) is 13.8 Å². The van der Waals surface area contributed by atoms with Crippen molar-refractivity contribution in [2.24, 2.45) is 0 Å². The first-order valence-corrected chi connectivity index (χ1v) is 6.31. The monoisotopic (exact) mass is 271 g/mol. The number of halogens is 2. The summed E-state index contributed by atoms with van der Waals surface area (Å²) < 4.78 is 27.3. The lowest BCUT2D eigenvalue weighted by atomic mass is 10.2. The molecule has 1 saturated carbocycles. The molecule has 0 radical (unpaired) electrons. The van der Waals surface area contributed by atoms with Crippen LogP contribution in [0.2, 0.25) is 0 Å². The van der Waals surface area contributed by atoms with Gasteiger partial charge in [-0.3, -0.25) is 0 Å². The van der Waals surface area contributed by atoms with E-state index in [1.807, 2.05) is 6.07 Å². The van der Waals surface area contributed by atoms with E-state index in [0.29, 0.717) is 5.92 Å². The van der Waals surface area contributed by atoms with E-state index in [1.54, 1.807) is 12.1 Å². The van der Waals surface area contributed by atoms with Gasteiger partial charge in [-0.15, -0.1) is 0 Å². The molecule has 20 heavy (non-hydrogen) atoms. The molecule has 0 amide bonds. The number of hydrogen-bond donors (Lipinski definition) is 1. The van der Waals surface area contributed by atoms with Gasteiger partial charge in [0.25, 0.3) is 0 Å². The smallest absolute Gasteiger partial charge is 0.149 e. The van der Waals surface area contributed by atoms with Gasteiger partial charge in [0.05, 0.1) is 5.56 Å². The molecule has 0 spiro atoms. The fourth-order valence-electron chi connectivity index (χ4n) is 2.00. The molecule has 0 unspecified atom stereocenters. The Hall–Kier alpha value is -2.48. The first-order chi connectivity index (χ1) is 9.69. The first kappa shape index (κ1) is 12.5. The zero-order chi connectivity index (χ0) is 14.1. The summed E-state index contributed by atoms with van der Waals surface area (Å²) in [6.45, 7) is 0. The van der Waals surface area contributed by atoms with Crippen LogP contribution in [0.5, 0.6) is 0 Å². The number of aromatic nitrogens is 1. The maximum Gasteiger partial charge on any atom is 0.149 e. The quantitative estimate of drug-likeness (QED) is 0.922. The van der Waals surface area contributed by atoms with E-state index in [0.717, 1.165) is 30.7 Å². The van der Waals surface area contributed by atoms with Crippen LogP contribution >= 0.6 is 0 Å². The molecular weight excluding hydrogens is 260 g/mol. The van der Waals surface area contributed by atoms with Gasteiger partial charge in [-0.2, -0.15) is 5.26 Å². The Morgan fingerprint density at radius 1 is 1.15 bits per heavy atom. The number of nitriles is 1. The van der Waals surface area contributed by atoms with Crippen molar-refractivity contribution in [3.63, 3.8) is 0 Å². The van der Waals surface area contributed by atoms with E-state index in [9.17, 15) is 8.78 Å². The molecule has 3 rings (SSSR count). The van der Waals surface area contributed by atoms with Crippen molar-refractivity contribution >= 4 is 11.5 Å². The Balaban J connectivity index is 2.01. The van der Waals surface area contributed by atoms with Crippen molar-refractivity contribution in [2.45, 2.75) is 18.8 Å². The Morgan fingerprint density at radius 2 is 1.85 bits per heavy atom. The first-order valence-electron chi connectivity index (χ1n) is 6.31. The Labute approximate surface area is 114 Å². The fraction of sp³-hybridized carbons (Fsp3) is 0.200. The molecule has 1 aromatic carbocycles. The van der Waals surface area contributed by atoms with Crippen LogP contribution in [-0.2, 0) is 0 Å². The molecule has 1 aliphatic carbocycles. The van der Waals surface area contributed by atoms with Crippen molar-refractivity contribution in [1.82, 2.24) is 4.98 Å². The lowest BCUT2D eigenvalue weighted by Crippen LogP contribution is -2.03. The van der Waals surface area contributed by atoms with Gasteiger partial charge in [0.1, 0.15) is 29.2 Å². The summed E-state index contributed by atoms with van der Waals surface area (Å²) in [7, 11) is 0. The van der Waals surface area contributed by atoms with Crippen LogP contribution in [0.25, 0.3) is 0 Å². The highest BCUT2D eigenvalue weighted by Gasteiger charge is 2.26.